The van der Waals surface area contributed by atoms with E-state index in [9.17, 15) is 9.59 Å². The number of carbonyl (C=O) groups is 2. The van der Waals surface area contributed by atoms with Gasteiger partial charge in [-0.1, -0.05) is 28.0 Å². The van der Waals surface area contributed by atoms with Gasteiger partial charge in [-0.15, -0.1) is 0 Å². The summed E-state index contributed by atoms with van der Waals surface area (Å²) < 4.78 is 0. The van der Waals surface area contributed by atoms with E-state index in [2.05, 4.69) is 10.6 Å². The summed E-state index contributed by atoms with van der Waals surface area (Å²) >= 11 is 0. The van der Waals surface area contributed by atoms with Crippen molar-refractivity contribution in [3.05, 3.63) is 0 Å². The minimum atomic E-state index is -1.06. The fourth-order valence-electron chi connectivity index (χ4n) is 1.68. The lowest BCUT2D eigenvalue weighted by atomic mass is 10.1. The van der Waals surface area contributed by atoms with Crippen LogP contribution in [-0.4, -0.2) is 41.2 Å². The third-order valence-corrected chi connectivity index (χ3v) is 5.64. The van der Waals surface area contributed by atoms with E-state index in [1.807, 2.05) is 21.6 Å². The highest BCUT2D eigenvalue weighted by atomic mass is 33.1. The van der Waals surface area contributed by atoms with Crippen LogP contribution in [0.5, 0.6) is 0 Å². The zero-order chi connectivity index (χ0) is 13.2. The molecule has 1 rings (SSSR count). The zero-order valence-electron chi connectivity index (χ0n) is 10.3. The fourth-order valence-corrected chi connectivity index (χ4v) is 4.71. The second-order valence-corrected chi connectivity index (χ2v) is 6.94. The summed E-state index contributed by atoms with van der Waals surface area (Å²) in [7, 11) is 3.92. The van der Waals surface area contributed by atoms with Crippen molar-refractivity contribution in [1.82, 2.24) is 10.6 Å². The van der Waals surface area contributed by atoms with Gasteiger partial charge in [0, 0.05) is 30.5 Å². The first kappa shape index (κ1) is 15.5. The van der Waals surface area contributed by atoms with E-state index in [0.717, 1.165) is 18.1 Å². The van der Waals surface area contributed by atoms with Gasteiger partial charge in [0.15, 0.2) is 0 Å². The monoisotopic (exact) mass is 292 g/mol. The molecule has 104 valence electrons. The molecule has 1 fully saturated rings. The quantitative estimate of drug-likeness (QED) is 0.471. The van der Waals surface area contributed by atoms with E-state index in [1.54, 1.807) is 0 Å². The van der Waals surface area contributed by atoms with Crippen LogP contribution in [0.15, 0.2) is 0 Å². The van der Waals surface area contributed by atoms with Gasteiger partial charge in [0.25, 0.3) is 0 Å². The number of unbranched alkanes of at least 4 members (excludes halogenated alkanes) is 1. The molecule has 5 nitrogen and oxygen atoms in total. The van der Waals surface area contributed by atoms with Gasteiger partial charge >= 0.3 is 6.09 Å². The van der Waals surface area contributed by atoms with E-state index in [-0.39, 0.29) is 12.5 Å². The van der Waals surface area contributed by atoms with E-state index in [4.69, 9.17) is 5.11 Å². The van der Waals surface area contributed by atoms with Gasteiger partial charge in [-0.05, 0) is 19.3 Å². The summed E-state index contributed by atoms with van der Waals surface area (Å²) in [5.41, 5.74) is 0. The summed E-state index contributed by atoms with van der Waals surface area (Å²) in [5, 5.41) is 14.0. The Hall–Kier alpha value is -0.560. The number of hydrogen-bond donors (Lipinski definition) is 3. The largest absolute Gasteiger partial charge is 0.465 e. The zero-order valence-corrected chi connectivity index (χ0v) is 11.9. The molecule has 1 aliphatic rings. The van der Waals surface area contributed by atoms with Crippen LogP contribution in [0.2, 0.25) is 0 Å². The average Bonchev–Trinajstić information content (AvgIpc) is 2.83. The molecule has 1 atom stereocenters. The summed E-state index contributed by atoms with van der Waals surface area (Å²) in [6.45, 7) is 0.622. The maximum atomic E-state index is 11.4. The standard InChI is InChI=1S/C11H20N2O3S2/c14-10(12-6-7-13-11(15)16)4-2-1-3-9-5-8-17-18-9/h9,13H,1-8H2,(H,12,14)(H,15,16). The molecule has 7 heteroatoms. The summed E-state index contributed by atoms with van der Waals surface area (Å²) in [6, 6.07) is 0. The van der Waals surface area contributed by atoms with E-state index < -0.39 is 6.09 Å². The molecule has 0 aliphatic carbocycles. The van der Waals surface area contributed by atoms with Gasteiger partial charge in [0.05, 0.1) is 0 Å². The highest BCUT2D eigenvalue weighted by molar-refractivity contribution is 8.77. The number of rotatable bonds is 8. The molecule has 1 unspecified atom stereocenters. The van der Waals surface area contributed by atoms with E-state index >= 15 is 0 Å². The van der Waals surface area contributed by atoms with Gasteiger partial charge in [-0.2, -0.15) is 0 Å². The van der Waals surface area contributed by atoms with Crippen LogP contribution in [0, 0.1) is 0 Å². The van der Waals surface area contributed by atoms with Crippen molar-refractivity contribution in [2.75, 3.05) is 18.8 Å². The Balaban J connectivity index is 1.88. The Kier molecular flexibility index (Phi) is 8.08. The topological polar surface area (TPSA) is 78.4 Å². The Labute approximate surface area is 115 Å². The van der Waals surface area contributed by atoms with Crippen LogP contribution < -0.4 is 10.6 Å². The van der Waals surface area contributed by atoms with Gasteiger partial charge in [-0.25, -0.2) is 4.79 Å². The second-order valence-electron chi connectivity index (χ2n) is 4.16. The first-order valence-corrected chi connectivity index (χ1v) is 8.58. The molecule has 0 aromatic heterocycles. The number of carboxylic acid groups (broad SMARTS) is 1. The predicted octanol–water partition coefficient (Wildman–Crippen LogP) is 2.08. The molecule has 0 bridgehead atoms. The normalized spacial score (nSPS) is 18.6. The van der Waals surface area contributed by atoms with Crippen molar-refractivity contribution in [2.45, 2.75) is 37.4 Å². The Morgan fingerprint density at radius 3 is 2.67 bits per heavy atom. The molecule has 0 aromatic carbocycles. The minimum Gasteiger partial charge on any atom is -0.465 e. The molecule has 0 radical (unpaired) electrons. The second kappa shape index (κ2) is 9.38. The van der Waals surface area contributed by atoms with Crippen LogP contribution in [0.3, 0.4) is 0 Å². The van der Waals surface area contributed by atoms with Crippen molar-refractivity contribution in [3.8, 4) is 0 Å². The molecule has 2 amide bonds. The lowest BCUT2D eigenvalue weighted by Crippen LogP contribution is -2.33. The highest BCUT2D eigenvalue weighted by Crippen LogP contribution is 2.39. The predicted molar refractivity (Wildman–Crippen MR) is 76.0 cm³/mol. The minimum absolute atomic E-state index is 0.00985. The molecular formula is C11H20N2O3S2. The van der Waals surface area contributed by atoms with Crippen molar-refractivity contribution >= 4 is 33.6 Å². The van der Waals surface area contributed by atoms with Crippen LogP contribution >= 0.6 is 21.6 Å². The van der Waals surface area contributed by atoms with E-state index in [1.165, 1.54) is 18.6 Å². The average molecular weight is 292 g/mol. The highest BCUT2D eigenvalue weighted by Gasteiger charge is 2.15. The van der Waals surface area contributed by atoms with Crippen molar-refractivity contribution in [3.63, 3.8) is 0 Å². The van der Waals surface area contributed by atoms with Gasteiger partial charge in [0.2, 0.25) is 5.91 Å². The van der Waals surface area contributed by atoms with Crippen molar-refractivity contribution in [2.24, 2.45) is 0 Å². The number of hydrogen-bond acceptors (Lipinski definition) is 4. The van der Waals surface area contributed by atoms with Crippen molar-refractivity contribution in [1.29, 1.82) is 0 Å². The number of nitrogens with one attached hydrogen (secondary N) is 2. The molecule has 1 aliphatic heterocycles. The third kappa shape index (κ3) is 7.71. The number of carbonyl (C=O) groups excluding carboxylic acids is 1. The summed E-state index contributed by atoms with van der Waals surface area (Å²) in [6.07, 6.45) is 3.99. The molecule has 0 saturated carbocycles. The molecule has 18 heavy (non-hydrogen) atoms. The first-order chi connectivity index (χ1) is 8.68. The molecule has 3 N–H and O–H groups in total. The SMILES string of the molecule is O=C(O)NCCNC(=O)CCCCC1CCSS1. The van der Waals surface area contributed by atoms with Crippen LogP contribution in [0.4, 0.5) is 4.79 Å². The maximum absolute atomic E-state index is 11.4. The summed E-state index contributed by atoms with van der Waals surface area (Å²) in [4.78, 5) is 21.5. The van der Waals surface area contributed by atoms with Gasteiger partial charge in [-0.3, -0.25) is 4.79 Å². The van der Waals surface area contributed by atoms with Gasteiger partial charge in [0.1, 0.15) is 0 Å². The molecule has 0 spiro atoms. The molecule has 1 saturated heterocycles. The maximum Gasteiger partial charge on any atom is 0.404 e. The lowest BCUT2D eigenvalue weighted by molar-refractivity contribution is -0.121. The van der Waals surface area contributed by atoms with Gasteiger partial charge < -0.3 is 15.7 Å². The molecule has 1 heterocycles. The Morgan fingerprint density at radius 1 is 1.22 bits per heavy atom. The van der Waals surface area contributed by atoms with Crippen LogP contribution in [0.1, 0.15) is 32.1 Å². The fraction of sp³-hybridized carbons (Fsp3) is 0.818. The van der Waals surface area contributed by atoms with E-state index in [0.29, 0.717) is 13.0 Å². The van der Waals surface area contributed by atoms with Crippen LogP contribution in [0.25, 0.3) is 0 Å². The Morgan fingerprint density at radius 2 is 2.00 bits per heavy atom. The first-order valence-electron chi connectivity index (χ1n) is 6.20. The smallest absolute Gasteiger partial charge is 0.404 e. The third-order valence-electron chi connectivity index (χ3n) is 2.63. The summed E-state index contributed by atoms with van der Waals surface area (Å²) in [5.74, 6) is 1.27. The molecular weight excluding hydrogens is 272 g/mol. The lowest BCUT2D eigenvalue weighted by Gasteiger charge is -2.07. The Bertz CT molecular complexity index is 271. The number of amides is 2. The van der Waals surface area contributed by atoms with Crippen molar-refractivity contribution < 1.29 is 14.7 Å². The van der Waals surface area contributed by atoms with Crippen LogP contribution in [-0.2, 0) is 4.79 Å². The molecule has 0 aromatic rings.